The van der Waals surface area contributed by atoms with Gasteiger partial charge in [-0.2, -0.15) is 0 Å². The van der Waals surface area contributed by atoms with Crippen LogP contribution in [0.4, 0.5) is 5.69 Å². The van der Waals surface area contributed by atoms with Gasteiger partial charge in [-0.25, -0.2) is 8.42 Å². The van der Waals surface area contributed by atoms with Crippen LogP contribution in [0.15, 0.2) is 24.3 Å². The minimum atomic E-state index is -3.46. The van der Waals surface area contributed by atoms with E-state index in [1.165, 1.54) is 11.4 Å². The molecule has 0 fully saturated rings. The van der Waals surface area contributed by atoms with Gasteiger partial charge < -0.3 is 10.1 Å². The third-order valence-corrected chi connectivity index (χ3v) is 4.83. The second kappa shape index (κ2) is 9.52. The first-order chi connectivity index (χ1) is 11.3. The zero-order valence-electron chi connectivity index (χ0n) is 14.9. The van der Waals surface area contributed by atoms with Crippen molar-refractivity contribution in [2.75, 3.05) is 24.2 Å². The molecule has 0 heterocycles. The average Bonchev–Trinajstić information content (AvgIpc) is 2.50. The highest BCUT2D eigenvalue weighted by Gasteiger charge is 2.20. The standard InChI is InChI=1S/C17H28N2O4S/c1-5-9-14(2)18-17(20)12-8-13-19(24(4,21)22)15-10-6-7-11-16(15)23-3/h6-7,10-11,14H,5,8-9,12-13H2,1-4H3,(H,18,20)/t14-/m1/s1. The fourth-order valence-electron chi connectivity index (χ4n) is 2.54. The van der Waals surface area contributed by atoms with Gasteiger partial charge in [0.05, 0.1) is 19.1 Å². The van der Waals surface area contributed by atoms with Crippen LogP contribution in [0.3, 0.4) is 0 Å². The van der Waals surface area contributed by atoms with Gasteiger partial charge in [-0.15, -0.1) is 0 Å². The van der Waals surface area contributed by atoms with Crippen molar-refractivity contribution in [1.82, 2.24) is 5.32 Å². The molecule has 6 nitrogen and oxygen atoms in total. The van der Waals surface area contributed by atoms with Crippen molar-refractivity contribution in [3.8, 4) is 5.75 Å². The largest absolute Gasteiger partial charge is 0.495 e. The molecule has 0 bridgehead atoms. The lowest BCUT2D eigenvalue weighted by Crippen LogP contribution is -2.34. The molecule has 0 saturated heterocycles. The van der Waals surface area contributed by atoms with Crippen molar-refractivity contribution < 1.29 is 17.9 Å². The maximum atomic E-state index is 12.1. The van der Waals surface area contributed by atoms with Gasteiger partial charge in [0, 0.05) is 19.0 Å². The Morgan fingerprint density at radius 1 is 1.33 bits per heavy atom. The number of anilines is 1. The maximum Gasteiger partial charge on any atom is 0.232 e. The number of rotatable bonds is 10. The van der Waals surface area contributed by atoms with Crippen LogP contribution in [0.25, 0.3) is 0 Å². The van der Waals surface area contributed by atoms with Gasteiger partial charge >= 0.3 is 0 Å². The molecule has 0 saturated carbocycles. The first-order valence-electron chi connectivity index (χ1n) is 8.19. The summed E-state index contributed by atoms with van der Waals surface area (Å²) < 4.78 is 30.7. The highest BCUT2D eigenvalue weighted by Crippen LogP contribution is 2.29. The topological polar surface area (TPSA) is 75.7 Å². The second-order valence-electron chi connectivity index (χ2n) is 5.87. The lowest BCUT2D eigenvalue weighted by atomic mass is 10.2. The lowest BCUT2D eigenvalue weighted by molar-refractivity contribution is -0.121. The maximum absolute atomic E-state index is 12.1. The van der Waals surface area contributed by atoms with Crippen molar-refractivity contribution in [3.05, 3.63) is 24.3 Å². The molecule has 0 aliphatic carbocycles. The van der Waals surface area contributed by atoms with Crippen LogP contribution in [0, 0.1) is 0 Å². The van der Waals surface area contributed by atoms with Crippen molar-refractivity contribution in [1.29, 1.82) is 0 Å². The monoisotopic (exact) mass is 356 g/mol. The van der Waals surface area contributed by atoms with Gasteiger partial charge in [0.1, 0.15) is 5.75 Å². The molecule has 136 valence electrons. The van der Waals surface area contributed by atoms with Crippen molar-refractivity contribution in [3.63, 3.8) is 0 Å². The molecule has 1 atom stereocenters. The Balaban J connectivity index is 2.71. The molecule has 0 spiro atoms. The zero-order valence-corrected chi connectivity index (χ0v) is 15.7. The summed E-state index contributed by atoms with van der Waals surface area (Å²) in [5.41, 5.74) is 0.488. The van der Waals surface area contributed by atoms with Crippen LogP contribution in [0.2, 0.25) is 0 Å². The van der Waals surface area contributed by atoms with Gasteiger partial charge in [-0.3, -0.25) is 9.10 Å². The van der Waals surface area contributed by atoms with E-state index in [1.807, 2.05) is 6.92 Å². The molecule has 0 unspecified atom stereocenters. The van der Waals surface area contributed by atoms with Gasteiger partial charge in [0.25, 0.3) is 0 Å². The minimum Gasteiger partial charge on any atom is -0.495 e. The van der Waals surface area contributed by atoms with Crippen molar-refractivity contribution in [2.24, 2.45) is 0 Å². The van der Waals surface area contributed by atoms with Gasteiger partial charge in [-0.1, -0.05) is 25.5 Å². The summed E-state index contributed by atoms with van der Waals surface area (Å²) in [5, 5.41) is 2.92. The molecule has 1 aromatic rings. The van der Waals surface area contributed by atoms with E-state index < -0.39 is 10.0 Å². The molecule has 0 aliphatic rings. The first kappa shape index (κ1) is 20.3. The Hall–Kier alpha value is -1.76. The van der Waals surface area contributed by atoms with Crippen molar-refractivity contribution in [2.45, 2.75) is 45.6 Å². The van der Waals surface area contributed by atoms with Crippen LogP contribution in [0.5, 0.6) is 5.75 Å². The molecular weight excluding hydrogens is 328 g/mol. The summed E-state index contributed by atoms with van der Waals surface area (Å²) in [7, 11) is -1.96. The fraction of sp³-hybridized carbons (Fsp3) is 0.588. The zero-order chi connectivity index (χ0) is 18.2. The number of benzene rings is 1. The summed E-state index contributed by atoms with van der Waals surface area (Å²) in [6.45, 7) is 4.27. The number of nitrogens with zero attached hydrogens (tertiary/aromatic N) is 1. The summed E-state index contributed by atoms with van der Waals surface area (Å²) in [5.74, 6) is 0.438. The predicted molar refractivity (Wildman–Crippen MR) is 96.9 cm³/mol. The summed E-state index contributed by atoms with van der Waals surface area (Å²) in [6.07, 6.45) is 3.83. The van der Waals surface area contributed by atoms with E-state index in [-0.39, 0.29) is 24.9 Å². The number of sulfonamides is 1. The highest BCUT2D eigenvalue weighted by molar-refractivity contribution is 7.92. The SMILES string of the molecule is CCC[C@@H](C)NC(=O)CCCN(c1ccccc1OC)S(C)(=O)=O. The lowest BCUT2D eigenvalue weighted by Gasteiger charge is -2.24. The number of carbonyl (C=O) groups is 1. The number of amides is 1. The fourth-order valence-corrected chi connectivity index (χ4v) is 3.51. The number of carbonyl (C=O) groups excluding carboxylic acids is 1. The quantitative estimate of drug-likeness (QED) is 0.699. The minimum absolute atomic E-state index is 0.0515. The number of ether oxygens (including phenoxy) is 1. The van der Waals surface area contributed by atoms with Crippen LogP contribution >= 0.6 is 0 Å². The smallest absolute Gasteiger partial charge is 0.232 e. The Bertz CT molecular complexity index is 631. The van der Waals surface area contributed by atoms with E-state index in [9.17, 15) is 13.2 Å². The summed E-state index contributed by atoms with van der Waals surface area (Å²) in [4.78, 5) is 11.9. The van der Waals surface area contributed by atoms with Gasteiger partial charge in [0.2, 0.25) is 15.9 Å². The van der Waals surface area contributed by atoms with E-state index in [4.69, 9.17) is 4.74 Å². The average molecular weight is 356 g/mol. The normalized spacial score (nSPS) is 12.5. The van der Waals surface area contributed by atoms with Crippen LogP contribution in [0.1, 0.15) is 39.5 Å². The Kier molecular flexibility index (Phi) is 8.04. The van der Waals surface area contributed by atoms with E-state index in [1.54, 1.807) is 24.3 Å². The first-order valence-corrected chi connectivity index (χ1v) is 10.0. The van der Waals surface area contributed by atoms with Crippen molar-refractivity contribution >= 4 is 21.6 Å². The number of methoxy groups -OCH3 is 1. The van der Waals surface area contributed by atoms with E-state index in [2.05, 4.69) is 12.2 Å². The summed E-state index contributed by atoms with van der Waals surface area (Å²) in [6, 6.07) is 7.10. The second-order valence-corrected chi connectivity index (χ2v) is 7.77. The van der Waals surface area contributed by atoms with Gasteiger partial charge in [-0.05, 0) is 31.9 Å². The third-order valence-electron chi connectivity index (χ3n) is 3.65. The summed E-state index contributed by atoms with van der Waals surface area (Å²) >= 11 is 0. The highest BCUT2D eigenvalue weighted by atomic mass is 32.2. The number of hydrogen-bond acceptors (Lipinski definition) is 4. The molecule has 0 aromatic heterocycles. The Morgan fingerprint density at radius 3 is 2.58 bits per heavy atom. The molecule has 24 heavy (non-hydrogen) atoms. The molecule has 1 N–H and O–H groups in total. The number of hydrogen-bond donors (Lipinski definition) is 1. The molecule has 1 aromatic carbocycles. The molecule has 0 aliphatic heterocycles. The number of para-hydroxylation sites is 2. The molecule has 1 amide bonds. The number of nitrogens with one attached hydrogen (secondary N) is 1. The van der Waals surface area contributed by atoms with Gasteiger partial charge in [0.15, 0.2) is 0 Å². The molecule has 7 heteroatoms. The Labute approximate surface area is 145 Å². The van der Waals surface area contributed by atoms with E-state index in [0.717, 1.165) is 19.1 Å². The third kappa shape index (κ3) is 6.39. The predicted octanol–water partition coefficient (Wildman–Crippen LogP) is 2.55. The van der Waals surface area contributed by atoms with E-state index >= 15 is 0 Å². The van der Waals surface area contributed by atoms with Crippen LogP contribution < -0.4 is 14.4 Å². The molecular formula is C17H28N2O4S. The van der Waals surface area contributed by atoms with Crippen LogP contribution in [-0.4, -0.2) is 40.3 Å². The van der Waals surface area contributed by atoms with E-state index in [0.29, 0.717) is 17.9 Å². The van der Waals surface area contributed by atoms with Crippen LogP contribution in [-0.2, 0) is 14.8 Å². The molecule has 0 radical (unpaired) electrons. The molecule has 1 rings (SSSR count). The Morgan fingerprint density at radius 2 is 2.00 bits per heavy atom.